The van der Waals surface area contributed by atoms with Gasteiger partial charge in [0.15, 0.2) is 0 Å². The molecule has 3 atom stereocenters. The molecule has 1 heterocycles. The highest BCUT2D eigenvalue weighted by Crippen LogP contribution is 2.20. The van der Waals surface area contributed by atoms with Crippen LogP contribution < -0.4 is 10.6 Å². The highest BCUT2D eigenvalue weighted by molar-refractivity contribution is 5.89. The van der Waals surface area contributed by atoms with Crippen LogP contribution in [0.5, 0.6) is 0 Å². The normalized spacial score (nSPS) is 14.4. The highest BCUT2D eigenvalue weighted by Gasteiger charge is 2.30. The van der Waals surface area contributed by atoms with E-state index >= 15 is 0 Å². The zero-order valence-corrected chi connectivity index (χ0v) is 19.4. The molecule has 4 N–H and O–H groups in total. The number of aromatic amines is 1. The van der Waals surface area contributed by atoms with Crippen LogP contribution in [0.1, 0.15) is 65.4 Å². The molecule has 1 aromatic carbocycles. The second kappa shape index (κ2) is 12.5. The van der Waals surface area contributed by atoms with E-state index in [9.17, 15) is 14.7 Å². The minimum Gasteiger partial charge on any atom is -0.394 e. The summed E-state index contributed by atoms with van der Waals surface area (Å²) in [5.41, 5.74) is 2.08. The lowest BCUT2D eigenvalue weighted by Crippen LogP contribution is -2.54. The SMILES string of the molecule is CCCC(CCC)C(=O)N[C@H](C(=O)N[C@H](CO)Cc1c[nH]c2ccccc12)[C@@H](C)CC. The van der Waals surface area contributed by atoms with E-state index in [1.807, 2.05) is 44.3 Å². The molecule has 6 nitrogen and oxygen atoms in total. The van der Waals surface area contributed by atoms with Crippen molar-refractivity contribution in [1.29, 1.82) is 0 Å². The molecule has 0 unspecified atom stereocenters. The van der Waals surface area contributed by atoms with Crippen LogP contribution in [0, 0.1) is 11.8 Å². The molecule has 1 aromatic heterocycles. The predicted octanol–water partition coefficient (Wildman–Crippen LogP) is 3.93. The van der Waals surface area contributed by atoms with E-state index in [2.05, 4.69) is 29.5 Å². The van der Waals surface area contributed by atoms with Crippen molar-refractivity contribution in [3.63, 3.8) is 0 Å². The number of hydrogen-bond acceptors (Lipinski definition) is 3. The van der Waals surface area contributed by atoms with Crippen molar-refractivity contribution in [1.82, 2.24) is 15.6 Å². The van der Waals surface area contributed by atoms with Crippen molar-refractivity contribution >= 4 is 22.7 Å². The molecule has 2 aromatic rings. The van der Waals surface area contributed by atoms with E-state index in [1.165, 1.54) is 0 Å². The van der Waals surface area contributed by atoms with Gasteiger partial charge in [-0.3, -0.25) is 9.59 Å². The second-order valence-corrected chi connectivity index (χ2v) is 8.60. The summed E-state index contributed by atoms with van der Waals surface area (Å²) in [5, 5.41) is 17.0. The maximum absolute atomic E-state index is 13.1. The van der Waals surface area contributed by atoms with E-state index in [-0.39, 0.29) is 30.3 Å². The lowest BCUT2D eigenvalue weighted by Gasteiger charge is -2.28. The van der Waals surface area contributed by atoms with Gasteiger partial charge < -0.3 is 20.7 Å². The quantitative estimate of drug-likeness (QED) is 0.388. The summed E-state index contributed by atoms with van der Waals surface area (Å²) in [6.07, 6.45) is 6.75. The molecule has 172 valence electrons. The van der Waals surface area contributed by atoms with E-state index in [0.29, 0.717) is 6.42 Å². The zero-order valence-electron chi connectivity index (χ0n) is 19.4. The van der Waals surface area contributed by atoms with Crippen LogP contribution in [0.3, 0.4) is 0 Å². The first-order valence-corrected chi connectivity index (χ1v) is 11.7. The number of carbonyl (C=O) groups excluding carboxylic acids is 2. The first kappa shape index (κ1) is 24.9. The number of nitrogens with one attached hydrogen (secondary N) is 3. The average molecular weight is 430 g/mol. The first-order chi connectivity index (χ1) is 14.9. The topological polar surface area (TPSA) is 94.2 Å². The van der Waals surface area contributed by atoms with Gasteiger partial charge in [0.2, 0.25) is 11.8 Å². The number of rotatable bonds is 13. The van der Waals surface area contributed by atoms with Crippen LogP contribution in [0.25, 0.3) is 10.9 Å². The fourth-order valence-corrected chi connectivity index (χ4v) is 4.09. The van der Waals surface area contributed by atoms with Gasteiger partial charge in [0, 0.05) is 23.0 Å². The number of aliphatic hydroxyl groups excluding tert-OH is 1. The number of fused-ring (bicyclic) bond motifs is 1. The summed E-state index contributed by atoms with van der Waals surface area (Å²) in [6, 6.07) is 6.95. The third kappa shape index (κ3) is 6.82. The van der Waals surface area contributed by atoms with Crippen molar-refractivity contribution < 1.29 is 14.7 Å². The third-order valence-corrected chi connectivity index (χ3v) is 6.15. The van der Waals surface area contributed by atoms with Crippen molar-refractivity contribution in [2.24, 2.45) is 11.8 Å². The lowest BCUT2D eigenvalue weighted by atomic mass is 9.93. The fourth-order valence-electron chi connectivity index (χ4n) is 4.09. The Kier molecular flexibility index (Phi) is 10.0. The van der Waals surface area contributed by atoms with E-state index < -0.39 is 12.1 Å². The maximum Gasteiger partial charge on any atom is 0.243 e. The fraction of sp³-hybridized carbons (Fsp3) is 0.600. The average Bonchev–Trinajstić information content (AvgIpc) is 3.18. The number of amides is 2. The minimum absolute atomic E-state index is 0.000264. The van der Waals surface area contributed by atoms with Gasteiger partial charge in [-0.1, -0.05) is 65.2 Å². The van der Waals surface area contributed by atoms with Gasteiger partial charge in [0.1, 0.15) is 6.04 Å². The van der Waals surface area contributed by atoms with Crippen molar-refractivity contribution in [2.75, 3.05) is 6.61 Å². The predicted molar refractivity (Wildman–Crippen MR) is 126 cm³/mol. The molecule has 6 heteroatoms. The van der Waals surface area contributed by atoms with Gasteiger partial charge in [-0.25, -0.2) is 0 Å². The molecule has 0 aliphatic rings. The number of hydrogen-bond donors (Lipinski definition) is 4. The molecule has 0 saturated heterocycles. The third-order valence-electron chi connectivity index (χ3n) is 6.15. The molecule has 2 amide bonds. The molecule has 0 spiro atoms. The molecule has 2 rings (SSSR count). The van der Waals surface area contributed by atoms with E-state index in [4.69, 9.17) is 0 Å². The van der Waals surface area contributed by atoms with Gasteiger partial charge in [0.25, 0.3) is 0 Å². The number of para-hydroxylation sites is 1. The van der Waals surface area contributed by atoms with Crippen LogP contribution >= 0.6 is 0 Å². The first-order valence-electron chi connectivity index (χ1n) is 11.7. The Morgan fingerprint density at radius 1 is 1.03 bits per heavy atom. The Balaban J connectivity index is 2.09. The molecule has 0 fully saturated rings. The van der Waals surface area contributed by atoms with Crippen LogP contribution in [-0.2, 0) is 16.0 Å². The summed E-state index contributed by atoms with van der Waals surface area (Å²) in [6.45, 7) is 7.98. The van der Waals surface area contributed by atoms with E-state index in [1.54, 1.807) is 0 Å². The largest absolute Gasteiger partial charge is 0.394 e. The number of benzene rings is 1. The zero-order chi connectivity index (χ0) is 22.8. The molecular formula is C25H39N3O3. The summed E-state index contributed by atoms with van der Waals surface area (Å²) in [7, 11) is 0. The summed E-state index contributed by atoms with van der Waals surface area (Å²) >= 11 is 0. The van der Waals surface area contributed by atoms with Gasteiger partial charge in [-0.2, -0.15) is 0 Å². The smallest absolute Gasteiger partial charge is 0.243 e. The molecular weight excluding hydrogens is 390 g/mol. The van der Waals surface area contributed by atoms with Gasteiger partial charge in [0.05, 0.1) is 12.6 Å². The molecule has 0 saturated carbocycles. The number of H-pyrrole nitrogens is 1. The minimum atomic E-state index is -0.606. The summed E-state index contributed by atoms with van der Waals surface area (Å²) < 4.78 is 0. The Labute approximate surface area is 186 Å². The Hall–Kier alpha value is -2.34. The second-order valence-electron chi connectivity index (χ2n) is 8.60. The summed E-state index contributed by atoms with van der Waals surface area (Å²) in [4.78, 5) is 29.2. The Morgan fingerprint density at radius 3 is 2.32 bits per heavy atom. The molecule has 0 aliphatic carbocycles. The van der Waals surface area contributed by atoms with Crippen molar-refractivity contribution in [2.45, 2.75) is 78.3 Å². The van der Waals surface area contributed by atoms with Gasteiger partial charge in [-0.05, 0) is 36.8 Å². The van der Waals surface area contributed by atoms with Crippen LogP contribution in [0.2, 0.25) is 0 Å². The van der Waals surface area contributed by atoms with E-state index in [0.717, 1.165) is 48.6 Å². The molecule has 0 bridgehead atoms. The number of carbonyl (C=O) groups is 2. The number of aliphatic hydroxyl groups is 1. The Morgan fingerprint density at radius 2 is 1.71 bits per heavy atom. The standard InChI is InChI=1S/C25H39N3O3/c1-5-10-18(11-6-2)24(30)28-23(17(4)7-3)25(31)27-20(16-29)14-19-15-26-22-13-9-8-12-21(19)22/h8-9,12-13,15,17-18,20,23,26,29H,5-7,10-11,14,16H2,1-4H3,(H,27,31)(H,28,30)/t17-,20-,23-/m0/s1. The van der Waals surface area contributed by atoms with Crippen molar-refractivity contribution in [3.05, 3.63) is 36.0 Å². The van der Waals surface area contributed by atoms with Crippen LogP contribution in [-0.4, -0.2) is 40.6 Å². The maximum atomic E-state index is 13.1. The van der Waals surface area contributed by atoms with Crippen LogP contribution in [0.15, 0.2) is 30.5 Å². The number of aromatic nitrogens is 1. The highest BCUT2D eigenvalue weighted by atomic mass is 16.3. The molecule has 0 aliphatic heterocycles. The monoisotopic (exact) mass is 429 g/mol. The van der Waals surface area contributed by atoms with Gasteiger partial charge >= 0.3 is 0 Å². The molecule has 31 heavy (non-hydrogen) atoms. The molecule has 0 radical (unpaired) electrons. The Bertz CT molecular complexity index is 826. The van der Waals surface area contributed by atoms with Crippen molar-refractivity contribution in [3.8, 4) is 0 Å². The summed E-state index contributed by atoms with van der Waals surface area (Å²) in [5.74, 6) is -0.329. The van der Waals surface area contributed by atoms with Crippen LogP contribution in [0.4, 0.5) is 0 Å². The van der Waals surface area contributed by atoms with Gasteiger partial charge in [-0.15, -0.1) is 0 Å². The lowest BCUT2D eigenvalue weighted by molar-refractivity contribution is -0.133.